The summed E-state index contributed by atoms with van der Waals surface area (Å²) in [6.45, 7) is 2.84. The summed E-state index contributed by atoms with van der Waals surface area (Å²) in [5.74, 6) is 1.43. The zero-order chi connectivity index (χ0) is 21.8. The molecule has 0 radical (unpaired) electrons. The van der Waals surface area contributed by atoms with Gasteiger partial charge >= 0.3 is 0 Å². The molecule has 0 fully saturated rings. The molecule has 5 rings (SSSR count). The fourth-order valence-corrected chi connectivity index (χ4v) is 3.94. The predicted molar refractivity (Wildman–Crippen MR) is 119 cm³/mol. The first-order valence-corrected chi connectivity index (χ1v) is 10.7. The highest BCUT2D eigenvalue weighted by Crippen LogP contribution is 2.38. The highest BCUT2D eigenvalue weighted by molar-refractivity contribution is 5.85. The molecule has 0 aliphatic heterocycles. The van der Waals surface area contributed by atoms with Crippen LogP contribution in [0, 0.1) is 0 Å². The van der Waals surface area contributed by atoms with Crippen LogP contribution in [-0.2, 0) is 18.6 Å². The van der Waals surface area contributed by atoms with Gasteiger partial charge in [-0.25, -0.2) is 9.97 Å². The molecule has 0 amide bonds. The van der Waals surface area contributed by atoms with Crippen molar-refractivity contribution in [3.05, 3.63) is 97.1 Å². The molecule has 1 unspecified atom stereocenters. The Balaban J connectivity index is 1.32. The number of rotatable bonds is 9. The maximum Gasteiger partial charge on any atom is 0.209 e. The van der Waals surface area contributed by atoms with E-state index in [2.05, 4.69) is 27.2 Å². The third kappa shape index (κ3) is 4.01. The van der Waals surface area contributed by atoms with Crippen LogP contribution in [-0.4, -0.2) is 19.7 Å². The predicted octanol–water partition coefficient (Wildman–Crippen LogP) is 5.38. The van der Waals surface area contributed by atoms with Crippen molar-refractivity contribution in [2.45, 2.75) is 38.3 Å². The van der Waals surface area contributed by atoms with Crippen molar-refractivity contribution in [1.82, 2.24) is 19.7 Å². The Bertz CT molecular complexity index is 1260. The molecule has 0 saturated heterocycles. The number of benzene rings is 2. The SMILES string of the molecule is CC(Oc1ccc(CCCCn2cncn2)cc1)(c1cocn1)c1occ2ccccc12. The second-order valence-electron chi connectivity index (χ2n) is 7.92. The van der Waals surface area contributed by atoms with Crippen LogP contribution in [0.2, 0.25) is 0 Å². The highest BCUT2D eigenvalue weighted by atomic mass is 16.5. The van der Waals surface area contributed by atoms with Gasteiger partial charge in [0.05, 0.1) is 6.26 Å². The van der Waals surface area contributed by atoms with Crippen molar-refractivity contribution in [3.63, 3.8) is 0 Å². The van der Waals surface area contributed by atoms with Crippen molar-refractivity contribution in [2.75, 3.05) is 0 Å². The molecule has 7 nitrogen and oxygen atoms in total. The van der Waals surface area contributed by atoms with E-state index >= 15 is 0 Å². The molecule has 0 aliphatic rings. The Labute approximate surface area is 185 Å². The average molecular weight is 428 g/mol. The van der Waals surface area contributed by atoms with E-state index in [-0.39, 0.29) is 0 Å². The number of furan rings is 1. The first-order valence-electron chi connectivity index (χ1n) is 10.7. The van der Waals surface area contributed by atoms with Crippen LogP contribution in [0.15, 0.2) is 88.9 Å². The Hall–Kier alpha value is -3.87. The molecule has 0 saturated carbocycles. The van der Waals surface area contributed by atoms with E-state index in [0.717, 1.165) is 42.3 Å². The van der Waals surface area contributed by atoms with Gasteiger partial charge in [0.25, 0.3) is 0 Å². The number of unbranched alkanes of at least 4 members (excludes halogenated alkanes) is 1. The zero-order valence-corrected chi connectivity index (χ0v) is 17.8. The molecule has 0 aliphatic carbocycles. The summed E-state index contributed by atoms with van der Waals surface area (Å²) >= 11 is 0. The van der Waals surface area contributed by atoms with Crippen LogP contribution >= 0.6 is 0 Å². The van der Waals surface area contributed by atoms with E-state index in [1.54, 1.807) is 25.2 Å². The van der Waals surface area contributed by atoms with E-state index in [0.29, 0.717) is 11.5 Å². The van der Waals surface area contributed by atoms with Crippen molar-refractivity contribution < 1.29 is 13.6 Å². The molecular weight excluding hydrogens is 404 g/mol. The fraction of sp³-hybridized carbons (Fsp3) is 0.240. The molecular formula is C25H24N4O3. The standard InChI is InChI=1S/C25H24N4O3/c1-25(23-15-30-18-27-23,24-22-8-3-2-7-20(22)14-31-24)32-21-11-9-19(10-12-21)6-4-5-13-29-17-26-16-28-29/h2-3,7-12,14-18H,4-6,13H2,1H3. The molecule has 7 heteroatoms. The molecule has 2 aromatic carbocycles. The molecule has 5 aromatic rings. The van der Waals surface area contributed by atoms with Gasteiger partial charge in [-0.15, -0.1) is 0 Å². The van der Waals surface area contributed by atoms with Crippen LogP contribution in [0.25, 0.3) is 10.8 Å². The van der Waals surface area contributed by atoms with E-state index in [4.69, 9.17) is 13.6 Å². The monoisotopic (exact) mass is 428 g/mol. The van der Waals surface area contributed by atoms with Gasteiger partial charge in [-0.2, -0.15) is 5.10 Å². The number of hydrogen-bond donors (Lipinski definition) is 0. The maximum atomic E-state index is 6.49. The lowest BCUT2D eigenvalue weighted by Gasteiger charge is -2.27. The van der Waals surface area contributed by atoms with Gasteiger partial charge < -0.3 is 13.6 Å². The Kier molecular flexibility index (Phi) is 5.46. The molecule has 0 N–H and O–H groups in total. The topological polar surface area (TPSA) is 79.1 Å². The molecule has 0 spiro atoms. The third-order valence-electron chi connectivity index (χ3n) is 5.68. The van der Waals surface area contributed by atoms with Crippen molar-refractivity contribution in [2.24, 2.45) is 0 Å². The van der Waals surface area contributed by atoms with Gasteiger partial charge in [0.2, 0.25) is 5.60 Å². The number of hydrogen-bond acceptors (Lipinski definition) is 6. The maximum absolute atomic E-state index is 6.49. The minimum Gasteiger partial charge on any atom is -0.473 e. The number of aryl methyl sites for hydroxylation is 2. The molecule has 0 bridgehead atoms. The van der Waals surface area contributed by atoms with Gasteiger partial charge in [0.15, 0.2) is 12.2 Å². The summed E-state index contributed by atoms with van der Waals surface area (Å²) in [4.78, 5) is 8.35. The van der Waals surface area contributed by atoms with E-state index in [9.17, 15) is 0 Å². The Morgan fingerprint density at radius 3 is 2.69 bits per heavy atom. The third-order valence-corrected chi connectivity index (χ3v) is 5.68. The lowest BCUT2D eigenvalue weighted by atomic mass is 9.96. The zero-order valence-electron chi connectivity index (χ0n) is 17.8. The number of ether oxygens (including phenoxy) is 1. The molecule has 3 heterocycles. The summed E-state index contributed by atoms with van der Waals surface area (Å²) in [5.41, 5.74) is 0.979. The molecule has 32 heavy (non-hydrogen) atoms. The van der Waals surface area contributed by atoms with Gasteiger partial charge in [-0.3, -0.25) is 4.68 Å². The van der Waals surface area contributed by atoms with Crippen LogP contribution in [0.4, 0.5) is 0 Å². The van der Waals surface area contributed by atoms with Gasteiger partial charge in [-0.1, -0.05) is 36.4 Å². The number of aromatic nitrogens is 4. The first kappa shape index (κ1) is 20.1. The van der Waals surface area contributed by atoms with Crippen LogP contribution in [0.5, 0.6) is 5.75 Å². The Morgan fingerprint density at radius 1 is 1.03 bits per heavy atom. The van der Waals surface area contributed by atoms with Gasteiger partial charge in [0, 0.05) is 17.3 Å². The summed E-state index contributed by atoms with van der Waals surface area (Å²) in [5, 5.41) is 6.14. The normalized spacial score (nSPS) is 13.3. The van der Waals surface area contributed by atoms with E-state index in [1.807, 2.05) is 48.0 Å². The molecule has 3 aromatic heterocycles. The number of nitrogens with zero attached hydrogens (tertiary/aromatic N) is 4. The van der Waals surface area contributed by atoms with Gasteiger partial charge in [0.1, 0.15) is 30.4 Å². The highest BCUT2D eigenvalue weighted by Gasteiger charge is 2.39. The van der Waals surface area contributed by atoms with Crippen LogP contribution in [0.3, 0.4) is 0 Å². The van der Waals surface area contributed by atoms with Crippen molar-refractivity contribution >= 4 is 10.8 Å². The fourth-order valence-electron chi connectivity index (χ4n) is 3.94. The second kappa shape index (κ2) is 8.70. The first-order chi connectivity index (χ1) is 15.7. The largest absolute Gasteiger partial charge is 0.473 e. The average Bonchev–Trinajstić information content (AvgIpc) is 3.60. The summed E-state index contributed by atoms with van der Waals surface area (Å²) in [6.07, 6.45) is 11.2. The van der Waals surface area contributed by atoms with E-state index in [1.165, 1.54) is 12.0 Å². The minimum atomic E-state index is -0.935. The quantitative estimate of drug-likeness (QED) is 0.293. The number of oxazole rings is 1. The molecule has 162 valence electrons. The van der Waals surface area contributed by atoms with E-state index < -0.39 is 5.60 Å². The summed E-state index contributed by atoms with van der Waals surface area (Å²) in [6, 6.07) is 16.2. The Morgan fingerprint density at radius 2 is 1.91 bits per heavy atom. The smallest absolute Gasteiger partial charge is 0.209 e. The summed E-state index contributed by atoms with van der Waals surface area (Å²) < 4.78 is 19.6. The molecule has 1 atom stereocenters. The van der Waals surface area contributed by atoms with Crippen molar-refractivity contribution in [3.8, 4) is 5.75 Å². The van der Waals surface area contributed by atoms with Crippen LogP contribution < -0.4 is 4.74 Å². The van der Waals surface area contributed by atoms with Crippen LogP contribution in [0.1, 0.15) is 36.8 Å². The van der Waals surface area contributed by atoms with Gasteiger partial charge in [-0.05, 0) is 43.9 Å². The number of fused-ring (bicyclic) bond motifs is 1. The summed E-state index contributed by atoms with van der Waals surface area (Å²) in [7, 11) is 0. The lowest BCUT2D eigenvalue weighted by Crippen LogP contribution is -2.31. The van der Waals surface area contributed by atoms with Crippen molar-refractivity contribution in [1.29, 1.82) is 0 Å². The lowest BCUT2D eigenvalue weighted by molar-refractivity contribution is 0.102. The minimum absolute atomic E-state index is 0.648. The second-order valence-corrected chi connectivity index (χ2v) is 7.92.